The van der Waals surface area contributed by atoms with Gasteiger partial charge in [-0.25, -0.2) is 4.79 Å². The number of aliphatic hydroxyl groups excluding tert-OH is 1. The summed E-state index contributed by atoms with van der Waals surface area (Å²) in [5.74, 6) is -0.348. The highest BCUT2D eigenvalue weighted by molar-refractivity contribution is 5.88. The van der Waals surface area contributed by atoms with Crippen LogP contribution in [0.5, 0.6) is 0 Å². The summed E-state index contributed by atoms with van der Waals surface area (Å²) in [6.45, 7) is 7.16. The first-order valence-electron chi connectivity index (χ1n) is 5.30. The minimum absolute atomic E-state index is 0.0644. The van der Waals surface area contributed by atoms with E-state index in [1.165, 1.54) is 0 Å². The summed E-state index contributed by atoms with van der Waals surface area (Å²) in [6.07, 6.45) is 2.12. The lowest BCUT2D eigenvalue weighted by Crippen LogP contribution is -2.29. The van der Waals surface area contributed by atoms with Crippen molar-refractivity contribution in [2.24, 2.45) is 5.41 Å². The number of rotatable bonds is 7. The Morgan fingerprint density at radius 2 is 2.27 bits per heavy atom. The molecule has 0 aliphatic heterocycles. The van der Waals surface area contributed by atoms with Gasteiger partial charge >= 0.3 is 5.97 Å². The molecule has 0 aromatic carbocycles. The van der Waals surface area contributed by atoms with E-state index in [1.807, 2.05) is 0 Å². The molecule has 0 spiro atoms. The van der Waals surface area contributed by atoms with Crippen LogP contribution in [0.25, 0.3) is 0 Å². The van der Waals surface area contributed by atoms with E-state index in [4.69, 9.17) is 9.84 Å². The number of esters is 1. The zero-order chi connectivity index (χ0) is 11.3. The van der Waals surface area contributed by atoms with Crippen LogP contribution in [0.1, 0.15) is 19.8 Å². The highest BCUT2D eigenvalue weighted by Gasteiger charge is 2.41. The van der Waals surface area contributed by atoms with Gasteiger partial charge < -0.3 is 15.2 Å². The van der Waals surface area contributed by atoms with Crippen molar-refractivity contribution in [2.75, 3.05) is 26.3 Å². The van der Waals surface area contributed by atoms with Crippen molar-refractivity contribution in [2.45, 2.75) is 19.8 Å². The van der Waals surface area contributed by atoms with Crippen LogP contribution >= 0.6 is 0 Å². The molecule has 0 aromatic rings. The van der Waals surface area contributed by atoms with E-state index in [9.17, 15) is 4.79 Å². The molecule has 0 heterocycles. The van der Waals surface area contributed by atoms with E-state index < -0.39 is 0 Å². The van der Waals surface area contributed by atoms with E-state index in [0.29, 0.717) is 18.7 Å². The van der Waals surface area contributed by atoms with Crippen LogP contribution < -0.4 is 5.32 Å². The Hall–Kier alpha value is -0.870. The first-order valence-corrected chi connectivity index (χ1v) is 5.30. The SMILES string of the molecule is C=C(CNCC1(CO)CC1)C(=O)OCC. The monoisotopic (exact) mass is 213 g/mol. The average molecular weight is 213 g/mol. The van der Waals surface area contributed by atoms with Gasteiger partial charge in [-0.2, -0.15) is 0 Å². The van der Waals surface area contributed by atoms with E-state index in [-0.39, 0.29) is 18.0 Å². The molecule has 4 heteroatoms. The predicted molar refractivity (Wildman–Crippen MR) is 57.4 cm³/mol. The fourth-order valence-electron chi connectivity index (χ4n) is 1.35. The lowest BCUT2D eigenvalue weighted by atomic mass is 10.1. The summed E-state index contributed by atoms with van der Waals surface area (Å²) in [5, 5.41) is 12.2. The average Bonchev–Trinajstić information content (AvgIpc) is 2.99. The van der Waals surface area contributed by atoms with Gasteiger partial charge in [-0.05, 0) is 19.8 Å². The molecule has 2 N–H and O–H groups in total. The number of carbonyl (C=O) groups is 1. The van der Waals surface area contributed by atoms with E-state index >= 15 is 0 Å². The van der Waals surface area contributed by atoms with E-state index in [1.54, 1.807) is 6.92 Å². The van der Waals surface area contributed by atoms with Crippen LogP contribution in [0, 0.1) is 5.41 Å². The molecule has 4 nitrogen and oxygen atoms in total. The van der Waals surface area contributed by atoms with Gasteiger partial charge in [0.05, 0.1) is 6.61 Å². The van der Waals surface area contributed by atoms with Crippen molar-refractivity contribution in [3.05, 3.63) is 12.2 Å². The fourth-order valence-corrected chi connectivity index (χ4v) is 1.35. The fraction of sp³-hybridized carbons (Fsp3) is 0.727. The number of hydrogen-bond acceptors (Lipinski definition) is 4. The quantitative estimate of drug-likeness (QED) is 0.477. The maximum Gasteiger partial charge on any atom is 0.334 e. The molecule has 86 valence electrons. The topological polar surface area (TPSA) is 58.6 Å². The van der Waals surface area contributed by atoms with Gasteiger partial charge in [-0.3, -0.25) is 0 Å². The second kappa shape index (κ2) is 5.28. The van der Waals surface area contributed by atoms with E-state index in [0.717, 1.165) is 19.4 Å². The molecule has 1 saturated carbocycles. The van der Waals surface area contributed by atoms with Gasteiger partial charge in [-0.15, -0.1) is 0 Å². The summed E-state index contributed by atoms with van der Waals surface area (Å²) in [5.41, 5.74) is 0.500. The molecule has 1 aliphatic rings. The lowest BCUT2D eigenvalue weighted by molar-refractivity contribution is -0.138. The first kappa shape index (κ1) is 12.2. The van der Waals surface area contributed by atoms with Crippen LogP contribution in [0.3, 0.4) is 0 Å². The summed E-state index contributed by atoms with van der Waals surface area (Å²) >= 11 is 0. The normalized spacial score (nSPS) is 17.2. The molecule has 0 atom stereocenters. The summed E-state index contributed by atoms with van der Waals surface area (Å²) in [7, 11) is 0. The van der Waals surface area contributed by atoms with Crippen molar-refractivity contribution in [3.63, 3.8) is 0 Å². The minimum Gasteiger partial charge on any atom is -0.463 e. The first-order chi connectivity index (χ1) is 7.13. The third kappa shape index (κ3) is 3.64. The second-order valence-corrected chi connectivity index (χ2v) is 4.09. The van der Waals surface area contributed by atoms with E-state index in [2.05, 4.69) is 11.9 Å². The summed E-state index contributed by atoms with van der Waals surface area (Å²) in [6, 6.07) is 0. The molecule has 0 radical (unpaired) electrons. The van der Waals surface area contributed by atoms with Gasteiger partial charge in [0.15, 0.2) is 0 Å². The molecular formula is C11H19NO3. The maximum absolute atomic E-state index is 11.2. The highest BCUT2D eigenvalue weighted by Crippen LogP contribution is 2.44. The van der Waals surface area contributed by atoms with Crippen LogP contribution in [-0.4, -0.2) is 37.4 Å². The second-order valence-electron chi connectivity index (χ2n) is 4.09. The Kier molecular flexibility index (Phi) is 4.29. The molecule has 1 fully saturated rings. The van der Waals surface area contributed by atoms with Crippen molar-refractivity contribution < 1.29 is 14.6 Å². The molecule has 1 rings (SSSR count). The van der Waals surface area contributed by atoms with Gasteiger partial charge in [0.2, 0.25) is 0 Å². The Labute approximate surface area is 90.3 Å². The zero-order valence-electron chi connectivity index (χ0n) is 9.21. The number of carbonyl (C=O) groups excluding carboxylic acids is 1. The molecule has 0 saturated heterocycles. The Bertz CT molecular complexity index is 246. The molecule has 15 heavy (non-hydrogen) atoms. The largest absolute Gasteiger partial charge is 0.463 e. The highest BCUT2D eigenvalue weighted by atomic mass is 16.5. The Morgan fingerprint density at radius 3 is 2.73 bits per heavy atom. The third-order valence-corrected chi connectivity index (χ3v) is 2.70. The number of ether oxygens (including phenoxy) is 1. The summed E-state index contributed by atoms with van der Waals surface area (Å²) in [4.78, 5) is 11.2. The molecule has 0 aromatic heterocycles. The molecule has 0 bridgehead atoms. The van der Waals surface area contributed by atoms with Crippen LogP contribution in [0.15, 0.2) is 12.2 Å². The van der Waals surface area contributed by atoms with Crippen molar-refractivity contribution in [1.29, 1.82) is 0 Å². The minimum atomic E-state index is -0.348. The van der Waals surface area contributed by atoms with Crippen molar-refractivity contribution in [3.8, 4) is 0 Å². The lowest BCUT2D eigenvalue weighted by Gasteiger charge is -2.13. The Balaban J connectivity index is 2.14. The van der Waals surface area contributed by atoms with Crippen molar-refractivity contribution in [1.82, 2.24) is 5.32 Å². The van der Waals surface area contributed by atoms with Gasteiger partial charge in [-0.1, -0.05) is 6.58 Å². The third-order valence-electron chi connectivity index (χ3n) is 2.70. The number of hydrogen-bond donors (Lipinski definition) is 2. The van der Waals surface area contributed by atoms with Gasteiger partial charge in [0.25, 0.3) is 0 Å². The Morgan fingerprint density at radius 1 is 1.60 bits per heavy atom. The number of nitrogens with one attached hydrogen (secondary N) is 1. The van der Waals surface area contributed by atoms with Crippen LogP contribution in [-0.2, 0) is 9.53 Å². The predicted octanol–water partition coefficient (Wildman–Crippen LogP) is 0.468. The maximum atomic E-state index is 11.2. The van der Waals surface area contributed by atoms with Crippen LogP contribution in [0.2, 0.25) is 0 Å². The molecule has 0 amide bonds. The number of aliphatic hydroxyl groups is 1. The standard InChI is InChI=1S/C11H19NO3/c1-3-15-10(14)9(2)6-12-7-11(8-13)4-5-11/h12-13H,2-8H2,1H3. The van der Waals surface area contributed by atoms with Crippen LogP contribution in [0.4, 0.5) is 0 Å². The molecule has 0 unspecified atom stereocenters. The summed E-state index contributed by atoms with van der Waals surface area (Å²) < 4.78 is 4.80. The van der Waals surface area contributed by atoms with Gasteiger partial charge in [0, 0.05) is 30.7 Å². The van der Waals surface area contributed by atoms with Crippen molar-refractivity contribution >= 4 is 5.97 Å². The molecular weight excluding hydrogens is 194 g/mol. The molecule has 1 aliphatic carbocycles. The van der Waals surface area contributed by atoms with Gasteiger partial charge in [0.1, 0.15) is 0 Å². The smallest absolute Gasteiger partial charge is 0.334 e. The zero-order valence-corrected chi connectivity index (χ0v) is 9.21.